The van der Waals surface area contributed by atoms with Crippen molar-refractivity contribution < 1.29 is 77.4 Å². The lowest BCUT2D eigenvalue weighted by Gasteiger charge is -2.47. The number of methoxy groups -OCH3 is 4. The summed E-state index contributed by atoms with van der Waals surface area (Å²) in [6, 6.07) is -0.723. The average molecular weight is 836 g/mol. The van der Waals surface area contributed by atoms with Crippen molar-refractivity contribution in [2.45, 2.75) is 178 Å². The van der Waals surface area contributed by atoms with E-state index in [1.54, 1.807) is 39.8 Å². The molecule has 4 N–H and O–H groups in total. The van der Waals surface area contributed by atoms with Crippen LogP contribution < -0.4 is 0 Å². The number of likely N-dealkylation sites (N-methyl/N-ethyl adjacent to an activating group) is 1. The summed E-state index contributed by atoms with van der Waals surface area (Å²) < 4.78 is 60.0. The van der Waals surface area contributed by atoms with E-state index >= 15 is 0 Å². The number of hydrogen-bond acceptors (Lipinski definition) is 17. The molecule has 0 saturated carbocycles. The van der Waals surface area contributed by atoms with Gasteiger partial charge in [-0.3, -0.25) is 9.59 Å². The predicted molar refractivity (Wildman–Crippen MR) is 207 cm³/mol. The van der Waals surface area contributed by atoms with Crippen molar-refractivity contribution in [3.05, 3.63) is 0 Å². The predicted octanol–water partition coefficient (Wildman–Crippen LogP) is 1.42. The highest BCUT2D eigenvalue weighted by atomic mass is 16.7. The molecule has 0 aromatic heterocycles. The highest BCUT2D eigenvalue weighted by molar-refractivity contribution is 5.80. The molecule has 0 unspecified atom stereocenters. The summed E-state index contributed by atoms with van der Waals surface area (Å²) in [5.41, 5.74) is -0.720. The van der Waals surface area contributed by atoms with Crippen molar-refractivity contribution in [1.82, 2.24) is 4.90 Å². The van der Waals surface area contributed by atoms with Gasteiger partial charge in [-0.1, -0.05) is 20.8 Å². The minimum absolute atomic E-state index is 0.00670. The van der Waals surface area contributed by atoms with Crippen LogP contribution >= 0.6 is 0 Å². The van der Waals surface area contributed by atoms with Gasteiger partial charge in [0.25, 0.3) is 0 Å². The number of aliphatic hydroxyl groups is 4. The summed E-state index contributed by atoms with van der Waals surface area (Å²) in [5.74, 6) is -2.85. The number of Topliss-reactive ketones (excluding diaryl/α,β-unsaturated/α-hetero) is 1. The smallest absolute Gasteiger partial charge is 0.308 e. The summed E-state index contributed by atoms with van der Waals surface area (Å²) in [5, 5.41) is 44.9. The van der Waals surface area contributed by atoms with Crippen LogP contribution in [0.5, 0.6) is 0 Å². The molecule has 17 heteroatoms. The summed E-state index contributed by atoms with van der Waals surface area (Å²) in [7, 11) is 9.47. The molecule has 0 amide bonds. The Hall–Kier alpha value is -1.42. The number of rotatable bonds is 13. The third-order valence-electron chi connectivity index (χ3n) is 13.0. The Morgan fingerprint density at radius 1 is 0.862 bits per heavy atom. The Morgan fingerprint density at radius 3 is 2.07 bits per heavy atom. The summed E-state index contributed by atoms with van der Waals surface area (Å²) in [6.07, 6.45) is -11.0. The maximum atomic E-state index is 14.0. The Kier molecular flexibility index (Phi) is 18.3. The molecule has 58 heavy (non-hydrogen) atoms. The minimum Gasteiger partial charge on any atom is -0.462 e. The quantitative estimate of drug-likeness (QED) is 0.117. The van der Waals surface area contributed by atoms with Crippen molar-refractivity contribution in [3.8, 4) is 0 Å². The zero-order valence-corrected chi connectivity index (χ0v) is 36.6. The second-order valence-electron chi connectivity index (χ2n) is 17.3. The maximum absolute atomic E-state index is 14.0. The van der Waals surface area contributed by atoms with Gasteiger partial charge in [-0.15, -0.1) is 0 Å². The largest absolute Gasteiger partial charge is 0.462 e. The molecule has 4 saturated heterocycles. The van der Waals surface area contributed by atoms with Crippen molar-refractivity contribution in [2.75, 3.05) is 49.1 Å². The number of ether oxygens (including phenoxy) is 10. The van der Waals surface area contributed by atoms with Crippen molar-refractivity contribution in [1.29, 1.82) is 0 Å². The van der Waals surface area contributed by atoms with Gasteiger partial charge in [-0.2, -0.15) is 0 Å². The third kappa shape index (κ3) is 11.5. The fourth-order valence-corrected chi connectivity index (χ4v) is 9.16. The first-order valence-electron chi connectivity index (χ1n) is 20.8. The number of carbonyl (C=O) groups excluding carboxylic acids is 2. The van der Waals surface area contributed by atoms with E-state index in [9.17, 15) is 30.0 Å². The Labute approximate surface area is 344 Å². The number of ketones is 1. The fraction of sp³-hybridized carbons (Fsp3) is 0.951. The molecule has 0 radical (unpaired) electrons. The fourth-order valence-electron chi connectivity index (χ4n) is 9.16. The first-order chi connectivity index (χ1) is 27.3. The molecule has 0 spiro atoms. The number of fused-ring (bicyclic) bond motifs is 1. The molecule has 4 aliphatic heterocycles. The lowest BCUT2D eigenvalue weighted by atomic mass is 9.78. The summed E-state index contributed by atoms with van der Waals surface area (Å²) in [6.45, 7) is 10.9. The van der Waals surface area contributed by atoms with Crippen LogP contribution in [-0.2, 0) is 57.0 Å². The van der Waals surface area contributed by atoms with Gasteiger partial charge < -0.3 is 72.7 Å². The van der Waals surface area contributed by atoms with E-state index in [1.807, 2.05) is 20.8 Å². The monoisotopic (exact) mass is 835 g/mol. The van der Waals surface area contributed by atoms with Crippen LogP contribution in [0, 0.1) is 23.7 Å². The van der Waals surface area contributed by atoms with Crippen LogP contribution in [0.15, 0.2) is 0 Å². The minimum atomic E-state index is -1.29. The molecule has 4 fully saturated rings. The van der Waals surface area contributed by atoms with E-state index in [1.165, 1.54) is 28.4 Å². The lowest BCUT2D eigenvalue weighted by Crippen LogP contribution is -2.63. The zero-order valence-electron chi connectivity index (χ0n) is 36.6. The number of hydrogen-bond donors (Lipinski definition) is 4. The third-order valence-corrected chi connectivity index (χ3v) is 13.0. The second kappa shape index (κ2) is 21.6. The molecule has 0 bridgehead atoms. The van der Waals surface area contributed by atoms with E-state index in [4.69, 9.17) is 47.4 Å². The molecule has 17 nitrogen and oxygen atoms in total. The molecule has 4 heterocycles. The first-order valence-corrected chi connectivity index (χ1v) is 20.8. The molecule has 4 aliphatic rings. The topological polar surface area (TPSA) is 214 Å². The van der Waals surface area contributed by atoms with Crippen LogP contribution in [0.25, 0.3) is 0 Å². The maximum Gasteiger partial charge on any atom is 0.308 e. The molecule has 0 aromatic carbocycles. The molecule has 338 valence electrons. The van der Waals surface area contributed by atoms with E-state index in [-0.39, 0.29) is 31.7 Å². The van der Waals surface area contributed by atoms with Gasteiger partial charge in [-0.25, -0.2) is 0 Å². The number of nitrogens with zero attached hydrogens (tertiary/aromatic N) is 1. The second-order valence-corrected chi connectivity index (χ2v) is 17.3. The molecule has 0 aliphatic carbocycles. The molecular weight excluding hydrogens is 762 g/mol. The highest BCUT2D eigenvalue weighted by Crippen LogP contribution is 2.48. The summed E-state index contributed by atoms with van der Waals surface area (Å²) >= 11 is 0. The summed E-state index contributed by atoms with van der Waals surface area (Å²) in [4.78, 5) is 29.5. The zero-order chi connectivity index (χ0) is 43.2. The highest BCUT2D eigenvalue weighted by Gasteiger charge is 2.59. The van der Waals surface area contributed by atoms with Crippen molar-refractivity contribution in [2.24, 2.45) is 23.7 Å². The van der Waals surface area contributed by atoms with Crippen LogP contribution in [0.4, 0.5) is 0 Å². The van der Waals surface area contributed by atoms with Gasteiger partial charge in [0.2, 0.25) is 0 Å². The van der Waals surface area contributed by atoms with E-state index < -0.39 is 127 Å². The van der Waals surface area contributed by atoms with Crippen molar-refractivity contribution in [3.63, 3.8) is 0 Å². The lowest BCUT2D eigenvalue weighted by molar-refractivity contribution is -0.306. The first kappa shape index (κ1) is 49.2. The molecule has 0 aromatic rings. The van der Waals surface area contributed by atoms with Crippen LogP contribution in [0.1, 0.15) is 80.1 Å². The van der Waals surface area contributed by atoms with E-state index in [2.05, 4.69) is 0 Å². The molecule has 19 atom stereocenters. The average Bonchev–Trinajstić information content (AvgIpc) is 3.86. The van der Waals surface area contributed by atoms with E-state index in [0.29, 0.717) is 19.3 Å². The van der Waals surface area contributed by atoms with Crippen LogP contribution in [0.3, 0.4) is 0 Å². The molecule has 4 rings (SSSR count). The Bertz CT molecular complexity index is 1290. The Balaban J connectivity index is 1.66. The number of aliphatic hydroxyl groups excluding tert-OH is 4. The van der Waals surface area contributed by atoms with Crippen molar-refractivity contribution >= 4 is 11.8 Å². The van der Waals surface area contributed by atoms with Gasteiger partial charge in [-0.05, 0) is 60.0 Å². The van der Waals surface area contributed by atoms with E-state index in [0.717, 1.165) is 0 Å². The standard InChI is InChI=1S/C41H73NO16/c1-13-28-25(19-53-40-37(52-12)36(51-11)33(47)23(5)55-40)38-41(6,58-38)15-14-26(43)20(2)16-24(17-30(49-9)50-10)35(21(3)27(44)18-29(45)56-28)57-39-34(48)31(42(7)8)32(46)22(4)54-39/h20-25,27-28,30-40,44,46-48H,13-19H2,1-12H3/t20-,21+,22-,23-,24-,25-,27+,28-,31+,32-,33-,34-,35-,36-,37-,38-,39+,40-,41-/m1/s1. The van der Waals surface area contributed by atoms with Gasteiger partial charge >= 0.3 is 5.97 Å². The van der Waals surface area contributed by atoms with Gasteiger partial charge in [0.05, 0.1) is 61.3 Å². The van der Waals surface area contributed by atoms with Gasteiger partial charge in [0, 0.05) is 59.0 Å². The number of carbonyl (C=O) groups is 2. The normalized spacial score (nSPS) is 44.9. The van der Waals surface area contributed by atoms with Gasteiger partial charge in [0.15, 0.2) is 18.9 Å². The number of cyclic esters (lactones) is 1. The van der Waals surface area contributed by atoms with Crippen LogP contribution in [-0.4, -0.2) is 184 Å². The number of esters is 1. The SMILES string of the molecule is CC[C@H]1OC(=O)C[C@H](O)[C@H](C)[C@@H](O[C@@H]2O[C@H](C)[C@@H](O)[C@H](N(C)C)[C@H]2O)[C@@H](CC(OC)OC)C[C@@H](C)C(=O)CC[C@@]2(C)O[C@@H]2[C@@H]1CO[C@@H]1O[C@H](C)[C@@H](O)[C@@H](OC)[C@H]1OC. The van der Waals surface area contributed by atoms with Crippen LogP contribution in [0.2, 0.25) is 0 Å². The Morgan fingerprint density at radius 2 is 1.48 bits per heavy atom. The molecular formula is C41H73NO16. The number of epoxide rings is 1. The van der Waals surface area contributed by atoms with Gasteiger partial charge in [0.1, 0.15) is 36.3 Å².